The Morgan fingerprint density at radius 2 is 1.84 bits per heavy atom. The Labute approximate surface area is 153 Å². The number of amides is 1. The Morgan fingerprint density at radius 3 is 2.60 bits per heavy atom. The maximum absolute atomic E-state index is 11.7. The molecule has 25 heavy (non-hydrogen) atoms. The topological polar surface area (TPSA) is 49.6 Å². The summed E-state index contributed by atoms with van der Waals surface area (Å²) in [5.41, 5.74) is 8.77. The summed E-state index contributed by atoms with van der Waals surface area (Å²) in [5.74, 6) is -0.355. The van der Waals surface area contributed by atoms with Gasteiger partial charge in [0.15, 0.2) is 0 Å². The maximum Gasteiger partial charge on any atom is 0.248 e. The predicted octanol–water partition coefficient (Wildman–Crippen LogP) is 2.78. The molecule has 5 heteroatoms. The minimum absolute atomic E-state index is 0.291. The van der Waals surface area contributed by atoms with Gasteiger partial charge in [0.25, 0.3) is 0 Å². The predicted molar refractivity (Wildman–Crippen MR) is 101 cm³/mol. The monoisotopic (exact) mass is 353 g/mol. The summed E-state index contributed by atoms with van der Waals surface area (Å²) >= 11 is 1.80. The van der Waals surface area contributed by atoms with Crippen molar-refractivity contribution < 1.29 is 4.79 Å². The second-order valence-corrected chi connectivity index (χ2v) is 7.97. The lowest BCUT2D eigenvalue weighted by molar-refractivity contribution is 0.0998. The number of hydrogen-bond acceptors (Lipinski definition) is 4. The lowest BCUT2D eigenvalue weighted by Crippen LogP contribution is -2.46. The second-order valence-electron chi connectivity index (χ2n) is 6.89. The molecule has 4 rings (SSSR count). The van der Waals surface area contributed by atoms with Crippen LogP contribution in [0.5, 0.6) is 0 Å². The first kappa shape index (κ1) is 16.6. The highest BCUT2D eigenvalue weighted by Crippen LogP contribution is 2.43. The van der Waals surface area contributed by atoms with Crippen molar-refractivity contribution >= 4 is 17.7 Å². The van der Waals surface area contributed by atoms with Crippen molar-refractivity contribution in [2.45, 2.75) is 22.3 Å². The molecule has 2 aliphatic rings. The largest absolute Gasteiger partial charge is 0.366 e. The van der Waals surface area contributed by atoms with Crippen LogP contribution >= 0.6 is 11.8 Å². The molecule has 0 saturated carbocycles. The fraction of sp³-hybridized carbons (Fsp3) is 0.350. The molecule has 130 valence electrons. The quantitative estimate of drug-likeness (QED) is 0.902. The zero-order valence-electron chi connectivity index (χ0n) is 14.4. The van der Waals surface area contributed by atoms with E-state index in [2.05, 4.69) is 47.2 Å². The molecule has 2 heterocycles. The summed E-state index contributed by atoms with van der Waals surface area (Å²) in [6.45, 7) is 4.26. The Morgan fingerprint density at radius 1 is 1.08 bits per heavy atom. The standard InChI is InChI=1S/C20H23N3OS/c1-22-8-10-23(11-9-22)17-13-14-4-2-3-5-18(14)25-19-7-6-15(20(21)24)12-16(17)19/h2-7,12,17H,8-11,13H2,1H3,(H2,21,24). The number of piperazine rings is 1. The lowest BCUT2D eigenvalue weighted by Gasteiger charge is -2.38. The molecule has 1 unspecified atom stereocenters. The van der Waals surface area contributed by atoms with Gasteiger partial charge >= 0.3 is 0 Å². The van der Waals surface area contributed by atoms with Crippen molar-refractivity contribution in [2.24, 2.45) is 5.73 Å². The van der Waals surface area contributed by atoms with Crippen molar-refractivity contribution in [1.82, 2.24) is 9.80 Å². The number of fused-ring (bicyclic) bond motifs is 2. The van der Waals surface area contributed by atoms with E-state index >= 15 is 0 Å². The van der Waals surface area contributed by atoms with E-state index in [4.69, 9.17) is 5.73 Å². The number of rotatable bonds is 2. The van der Waals surface area contributed by atoms with E-state index < -0.39 is 0 Å². The van der Waals surface area contributed by atoms with Gasteiger partial charge < -0.3 is 10.6 Å². The molecule has 1 fully saturated rings. The first-order valence-electron chi connectivity index (χ1n) is 8.74. The van der Waals surface area contributed by atoms with Gasteiger partial charge in [0, 0.05) is 47.6 Å². The van der Waals surface area contributed by atoms with E-state index in [1.165, 1.54) is 20.9 Å². The van der Waals surface area contributed by atoms with Gasteiger partial charge in [-0.2, -0.15) is 0 Å². The Bertz CT molecular complexity index is 799. The van der Waals surface area contributed by atoms with Crippen LogP contribution in [0.4, 0.5) is 0 Å². The van der Waals surface area contributed by atoms with E-state index in [0.29, 0.717) is 11.6 Å². The van der Waals surface area contributed by atoms with E-state index in [9.17, 15) is 4.79 Å². The molecule has 4 nitrogen and oxygen atoms in total. The van der Waals surface area contributed by atoms with Crippen molar-refractivity contribution in [3.63, 3.8) is 0 Å². The molecule has 0 aromatic heterocycles. The van der Waals surface area contributed by atoms with Crippen LogP contribution in [0, 0.1) is 0 Å². The van der Waals surface area contributed by atoms with E-state index in [-0.39, 0.29) is 5.91 Å². The smallest absolute Gasteiger partial charge is 0.248 e. The number of carbonyl (C=O) groups is 1. The number of hydrogen-bond donors (Lipinski definition) is 1. The van der Waals surface area contributed by atoms with Crippen LogP contribution in [0.2, 0.25) is 0 Å². The van der Waals surface area contributed by atoms with Gasteiger partial charge in [0.05, 0.1) is 0 Å². The molecule has 2 aromatic rings. The van der Waals surface area contributed by atoms with Gasteiger partial charge in [-0.1, -0.05) is 30.0 Å². The third-order valence-electron chi connectivity index (χ3n) is 5.24. The maximum atomic E-state index is 11.7. The van der Waals surface area contributed by atoms with E-state index in [0.717, 1.165) is 32.6 Å². The minimum Gasteiger partial charge on any atom is -0.366 e. The van der Waals surface area contributed by atoms with Crippen LogP contribution < -0.4 is 5.73 Å². The number of primary amides is 1. The van der Waals surface area contributed by atoms with Crippen LogP contribution in [-0.2, 0) is 6.42 Å². The molecule has 2 aromatic carbocycles. The van der Waals surface area contributed by atoms with Crippen LogP contribution in [0.25, 0.3) is 0 Å². The van der Waals surface area contributed by atoms with Gasteiger partial charge in [0.2, 0.25) is 5.91 Å². The fourth-order valence-electron chi connectivity index (χ4n) is 3.72. The molecule has 2 aliphatic heterocycles. The molecular formula is C20H23N3OS. The summed E-state index contributed by atoms with van der Waals surface area (Å²) in [6.07, 6.45) is 0.974. The molecule has 1 saturated heterocycles. The number of nitrogens with two attached hydrogens (primary N) is 1. The number of carbonyl (C=O) groups excluding carboxylic acids is 1. The van der Waals surface area contributed by atoms with Crippen LogP contribution in [0.1, 0.15) is 27.5 Å². The SMILES string of the molecule is CN1CCN(C2Cc3ccccc3Sc3ccc(C(N)=O)cc32)CC1. The molecule has 0 spiro atoms. The third-order valence-corrected chi connectivity index (χ3v) is 6.45. The van der Waals surface area contributed by atoms with Crippen molar-refractivity contribution in [2.75, 3.05) is 33.2 Å². The van der Waals surface area contributed by atoms with Crippen LogP contribution in [-0.4, -0.2) is 48.9 Å². The number of nitrogens with zero attached hydrogens (tertiary/aromatic N) is 2. The number of likely N-dealkylation sites (N-methyl/N-ethyl adjacent to an activating group) is 1. The molecule has 1 atom stereocenters. The van der Waals surface area contributed by atoms with Crippen molar-refractivity contribution in [3.05, 3.63) is 59.2 Å². The van der Waals surface area contributed by atoms with Gasteiger partial charge in [-0.3, -0.25) is 9.69 Å². The van der Waals surface area contributed by atoms with Crippen LogP contribution in [0.3, 0.4) is 0 Å². The highest BCUT2D eigenvalue weighted by atomic mass is 32.2. The second kappa shape index (κ2) is 6.83. The van der Waals surface area contributed by atoms with Gasteiger partial charge in [-0.25, -0.2) is 0 Å². The minimum atomic E-state index is -0.355. The average Bonchev–Trinajstić information content (AvgIpc) is 2.78. The third kappa shape index (κ3) is 3.32. The highest BCUT2D eigenvalue weighted by Gasteiger charge is 2.29. The van der Waals surface area contributed by atoms with Gasteiger partial charge in [-0.15, -0.1) is 0 Å². The zero-order valence-corrected chi connectivity index (χ0v) is 15.3. The van der Waals surface area contributed by atoms with Gasteiger partial charge in [-0.05, 0) is 48.9 Å². The first-order valence-corrected chi connectivity index (χ1v) is 9.55. The normalized spacial score (nSPS) is 21.2. The summed E-state index contributed by atoms with van der Waals surface area (Å²) < 4.78 is 0. The molecular weight excluding hydrogens is 330 g/mol. The van der Waals surface area contributed by atoms with Crippen molar-refractivity contribution in [1.29, 1.82) is 0 Å². The number of benzene rings is 2. The molecule has 0 bridgehead atoms. The summed E-state index contributed by atoms with van der Waals surface area (Å²) in [5, 5.41) is 0. The Hall–Kier alpha value is -1.82. The molecule has 1 amide bonds. The summed E-state index contributed by atoms with van der Waals surface area (Å²) in [4.78, 5) is 19.2. The van der Waals surface area contributed by atoms with E-state index in [1.54, 1.807) is 11.8 Å². The first-order chi connectivity index (χ1) is 12.1. The Kier molecular flexibility index (Phi) is 4.54. The average molecular weight is 353 g/mol. The van der Waals surface area contributed by atoms with Gasteiger partial charge in [0.1, 0.15) is 0 Å². The zero-order chi connectivity index (χ0) is 17.4. The summed E-state index contributed by atoms with van der Waals surface area (Å²) in [7, 11) is 2.18. The molecule has 2 N–H and O–H groups in total. The highest BCUT2D eigenvalue weighted by molar-refractivity contribution is 7.99. The van der Waals surface area contributed by atoms with Crippen molar-refractivity contribution in [3.8, 4) is 0 Å². The molecule has 0 radical (unpaired) electrons. The Balaban J connectivity index is 1.78. The fourth-order valence-corrected chi connectivity index (χ4v) is 4.84. The van der Waals surface area contributed by atoms with E-state index in [1.807, 2.05) is 12.1 Å². The molecule has 0 aliphatic carbocycles. The summed E-state index contributed by atoms with van der Waals surface area (Å²) in [6, 6.07) is 14.8. The van der Waals surface area contributed by atoms with Crippen LogP contribution in [0.15, 0.2) is 52.3 Å². The lowest BCUT2D eigenvalue weighted by atomic mass is 9.95.